The Morgan fingerprint density at radius 3 is 2.32 bits per heavy atom. The third-order valence-electron chi connectivity index (χ3n) is 3.30. The molecular formula is C12H17NO6. The van der Waals surface area contributed by atoms with Gasteiger partial charge in [-0.2, -0.15) is 0 Å². The first-order valence-corrected chi connectivity index (χ1v) is 5.83. The summed E-state index contributed by atoms with van der Waals surface area (Å²) in [7, 11) is 0. The third kappa shape index (κ3) is 2.26. The molecule has 0 saturated carbocycles. The molecule has 1 aromatic carbocycles. The van der Waals surface area contributed by atoms with Gasteiger partial charge in [-0.1, -0.05) is 30.3 Å². The number of rotatable bonds is 3. The lowest BCUT2D eigenvalue weighted by molar-refractivity contribution is -0.375. The van der Waals surface area contributed by atoms with Crippen LogP contribution < -0.4 is 5.90 Å². The van der Waals surface area contributed by atoms with E-state index in [-0.39, 0.29) is 0 Å². The minimum atomic E-state index is -1.84. The van der Waals surface area contributed by atoms with Gasteiger partial charge >= 0.3 is 0 Å². The lowest BCUT2D eigenvalue weighted by Crippen LogP contribution is -2.65. The van der Waals surface area contributed by atoms with Crippen molar-refractivity contribution in [1.82, 2.24) is 0 Å². The van der Waals surface area contributed by atoms with Crippen molar-refractivity contribution in [3.63, 3.8) is 0 Å². The minimum Gasteiger partial charge on any atom is -0.394 e. The highest BCUT2D eigenvalue weighted by atomic mass is 16.8. The molecule has 7 nitrogen and oxygen atoms in total. The Balaban J connectivity index is 2.43. The predicted octanol–water partition coefficient (Wildman–Crippen LogP) is -1.80. The van der Waals surface area contributed by atoms with Crippen molar-refractivity contribution in [3.8, 4) is 0 Å². The molecule has 0 amide bonds. The van der Waals surface area contributed by atoms with E-state index in [4.69, 9.17) is 20.6 Å². The second kappa shape index (κ2) is 5.51. The molecule has 5 atom stereocenters. The van der Waals surface area contributed by atoms with Gasteiger partial charge in [-0.3, -0.25) is 4.84 Å². The number of benzene rings is 1. The number of hydrogen-bond donors (Lipinski definition) is 5. The Morgan fingerprint density at radius 1 is 1.16 bits per heavy atom. The van der Waals surface area contributed by atoms with Gasteiger partial charge in [0, 0.05) is 5.56 Å². The number of aliphatic hydroxyl groups is 4. The Bertz CT molecular complexity index is 414. The highest BCUT2D eigenvalue weighted by Gasteiger charge is 2.55. The van der Waals surface area contributed by atoms with Crippen LogP contribution in [0, 0.1) is 0 Å². The maximum Gasteiger partial charge on any atom is 0.242 e. The molecule has 0 spiro atoms. The van der Waals surface area contributed by atoms with Crippen molar-refractivity contribution in [1.29, 1.82) is 0 Å². The Hall–Kier alpha value is -1.06. The molecule has 1 aliphatic rings. The van der Waals surface area contributed by atoms with Crippen molar-refractivity contribution in [2.75, 3.05) is 6.61 Å². The van der Waals surface area contributed by atoms with Crippen LogP contribution in [0.5, 0.6) is 0 Å². The Kier molecular flexibility index (Phi) is 4.16. The molecule has 0 bridgehead atoms. The second-order valence-electron chi connectivity index (χ2n) is 4.42. The molecule has 1 aliphatic heterocycles. The van der Waals surface area contributed by atoms with Gasteiger partial charge in [0.25, 0.3) is 0 Å². The third-order valence-corrected chi connectivity index (χ3v) is 3.30. The zero-order valence-electron chi connectivity index (χ0n) is 10.1. The standard InChI is InChI=1S/C12H17NO6/c13-19-12(7-4-2-1-3-5-7)11(17)10(16)9(15)8(6-14)18-12/h1-5,8-11,14-17H,6,13H2/t8-,9-,10+,11+,12-/m1/s1. The van der Waals surface area contributed by atoms with E-state index in [9.17, 15) is 15.3 Å². The summed E-state index contributed by atoms with van der Waals surface area (Å²) in [5.41, 5.74) is 0.370. The average molecular weight is 271 g/mol. The molecule has 1 heterocycles. The molecule has 1 fully saturated rings. The molecule has 106 valence electrons. The quantitative estimate of drug-likeness (QED) is 0.411. The molecule has 19 heavy (non-hydrogen) atoms. The SMILES string of the molecule is NO[C@@]1(c2ccccc2)O[C@H](CO)[C@@H](O)[C@H](O)[C@@H]1O. The van der Waals surface area contributed by atoms with Gasteiger partial charge in [-0.15, -0.1) is 0 Å². The highest BCUT2D eigenvalue weighted by Crippen LogP contribution is 2.38. The zero-order chi connectivity index (χ0) is 14.0. The summed E-state index contributed by atoms with van der Waals surface area (Å²) in [6.45, 7) is -0.553. The first kappa shape index (κ1) is 14.4. The summed E-state index contributed by atoms with van der Waals surface area (Å²) >= 11 is 0. The molecule has 0 aromatic heterocycles. The zero-order valence-corrected chi connectivity index (χ0v) is 10.1. The molecule has 0 radical (unpaired) electrons. The largest absolute Gasteiger partial charge is 0.394 e. The summed E-state index contributed by atoms with van der Waals surface area (Å²) in [6, 6.07) is 8.29. The van der Waals surface area contributed by atoms with E-state index in [1.165, 1.54) is 0 Å². The van der Waals surface area contributed by atoms with Gasteiger partial charge in [-0.25, -0.2) is 5.90 Å². The maximum absolute atomic E-state index is 10.1. The van der Waals surface area contributed by atoms with Gasteiger partial charge in [0.1, 0.15) is 24.4 Å². The Morgan fingerprint density at radius 2 is 1.79 bits per heavy atom. The van der Waals surface area contributed by atoms with Crippen LogP contribution in [0.2, 0.25) is 0 Å². The van der Waals surface area contributed by atoms with E-state index in [1.807, 2.05) is 0 Å². The smallest absolute Gasteiger partial charge is 0.242 e. The van der Waals surface area contributed by atoms with Gasteiger partial charge in [0.2, 0.25) is 5.79 Å². The summed E-state index contributed by atoms with van der Waals surface area (Å²) < 4.78 is 5.40. The fourth-order valence-electron chi connectivity index (χ4n) is 2.22. The second-order valence-corrected chi connectivity index (χ2v) is 4.42. The number of ether oxygens (including phenoxy) is 1. The summed E-state index contributed by atoms with van der Waals surface area (Å²) in [4.78, 5) is 4.77. The first-order chi connectivity index (χ1) is 9.06. The molecule has 0 aliphatic carbocycles. The molecule has 0 unspecified atom stereocenters. The van der Waals surface area contributed by atoms with Gasteiger partial charge in [0.15, 0.2) is 0 Å². The lowest BCUT2D eigenvalue weighted by atomic mass is 9.88. The highest BCUT2D eigenvalue weighted by molar-refractivity contribution is 5.23. The monoisotopic (exact) mass is 271 g/mol. The van der Waals surface area contributed by atoms with Crippen LogP contribution in [0.1, 0.15) is 5.56 Å². The van der Waals surface area contributed by atoms with Crippen LogP contribution in [0.4, 0.5) is 0 Å². The molecule has 7 heteroatoms. The molecule has 2 rings (SSSR count). The summed E-state index contributed by atoms with van der Waals surface area (Å²) in [5, 5.41) is 38.8. The predicted molar refractivity (Wildman–Crippen MR) is 63.4 cm³/mol. The Labute approximate surface area is 109 Å². The molecule has 1 saturated heterocycles. The fourth-order valence-corrected chi connectivity index (χ4v) is 2.22. The topological polar surface area (TPSA) is 125 Å². The molecule has 6 N–H and O–H groups in total. The summed E-state index contributed by atoms with van der Waals surface area (Å²) in [6.07, 6.45) is -5.72. The van der Waals surface area contributed by atoms with Gasteiger partial charge in [0.05, 0.1) is 6.61 Å². The van der Waals surface area contributed by atoms with Crippen molar-refractivity contribution in [2.45, 2.75) is 30.2 Å². The van der Waals surface area contributed by atoms with Crippen LogP contribution in [-0.2, 0) is 15.4 Å². The van der Waals surface area contributed by atoms with Gasteiger partial charge in [-0.05, 0) is 0 Å². The number of hydrogen-bond acceptors (Lipinski definition) is 7. The summed E-state index contributed by atoms with van der Waals surface area (Å²) in [5.74, 6) is 3.39. The van der Waals surface area contributed by atoms with E-state index < -0.39 is 36.8 Å². The van der Waals surface area contributed by atoms with Crippen LogP contribution >= 0.6 is 0 Å². The minimum absolute atomic E-state index is 0.370. The van der Waals surface area contributed by atoms with Gasteiger partial charge < -0.3 is 25.2 Å². The van der Waals surface area contributed by atoms with Crippen LogP contribution in [-0.4, -0.2) is 51.4 Å². The van der Waals surface area contributed by atoms with Crippen LogP contribution in [0.3, 0.4) is 0 Å². The first-order valence-electron chi connectivity index (χ1n) is 5.83. The van der Waals surface area contributed by atoms with E-state index in [2.05, 4.69) is 0 Å². The van der Waals surface area contributed by atoms with E-state index in [0.717, 1.165) is 0 Å². The van der Waals surface area contributed by atoms with Crippen molar-refractivity contribution >= 4 is 0 Å². The maximum atomic E-state index is 10.1. The van der Waals surface area contributed by atoms with Crippen LogP contribution in [0.15, 0.2) is 30.3 Å². The average Bonchev–Trinajstić information content (AvgIpc) is 2.47. The fraction of sp³-hybridized carbons (Fsp3) is 0.500. The normalized spacial score (nSPS) is 39.2. The van der Waals surface area contributed by atoms with Crippen LogP contribution in [0.25, 0.3) is 0 Å². The van der Waals surface area contributed by atoms with E-state index >= 15 is 0 Å². The molecule has 1 aromatic rings. The van der Waals surface area contributed by atoms with Crippen molar-refractivity contribution in [2.24, 2.45) is 5.90 Å². The van der Waals surface area contributed by atoms with Crippen molar-refractivity contribution < 1.29 is 30.0 Å². The number of aliphatic hydroxyl groups excluding tert-OH is 4. The molecular weight excluding hydrogens is 254 g/mol. The van der Waals surface area contributed by atoms with Crippen molar-refractivity contribution in [3.05, 3.63) is 35.9 Å². The lowest BCUT2D eigenvalue weighted by Gasteiger charge is -2.46. The van der Waals surface area contributed by atoms with E-state index in [0.29, 0.717) is 5.56 Å². The van der Waals surface area contributed by atoms with E-state index in [1.54, 1.807) is 30.3 Å². The number of nitrogens with two attached hydrogens (primary N) is 1.